The van der Waals surface area contributed by atoms with Crippen molar-refractivity contribution in [1.29, 1.82) is 0 Å². The number of nitrogens with zero attached hydrogens (tertiary/aromatic N) is 1. The van der Waals surface area contributed by atoms with Crippen LogP contribution in [0.15, 0.2) is 24.3 Å². The van der Waals surface area contributed by atoms with E-state index in [1.165, 1.54) is 0 Å². The fraction of sp³-hybridized carbons (Fsp3) is 0.680. The largest absolute Gasteiger partial charge is 0.393 e. The fourth-order valence-corrected chi connectivity index (χ4v) is 5.32. The number of rotatable bonds is 5. The molecule has 0 radical (unpaired) electrons. The van der Waals surface area contributed by atoms with Gasteiger partial charge in [-0.1, -0.05) is 58.4 Å². The zero-order valence-electron chi connectivity index (χ0n) is 19.8. The van der Waals surface area contributed by atoms with Crippen molar-refractivity contribution >= 4 is 23.4 Å². The maximum Gasteiger partial charge on any atom is 0.245 e. The molecule has 5 atom stereocenters. The monoisotopic (exact) mass is 464 g/mol. The van der Waals surface area contributed by atoms with E-state index < -0.39 is 23.2 Å². The molecule has 1 heterocycles. The van der Waals surface area contributed by atoms with Crippen molar-refractivity contribution in [3.05, 3.63) is 34.9 Å². The summed E-state index contributed by atoms with van der Waals surface area (Å²) >= 11 is 6.02. The van der Waals surface area contributed by atoms with E-state index in [1.54, 1.807) is 17.0 Å². The molecule has 2 amide bonds. The van der Waals surface area contributed by atoms with Crippen LogP contribution in [0.4, 0.5) is 0 Å². The Bertz CT molecular complexity index is 831. The smallest absolute Gasteiger partial charge is 0.245 e. The zero-order chi connectivity index (χ0) is 23.8. The molecule has 2 unspecified atom stereocenters. The SMILES string of the molecule is CC(C)C(NC(=O)[C@@H]1C[C@H](C)[C@@H](O)C1)C(=O)N1CCC(O)(c2ccc(Cl)cc2)C(C)(C)C1. The lowest BCUT2D eigenvalue weighted by molar-refractivity contribution is -0.157. The summed E-state index contributed by atoms with van der Waals surface area (Å²) in [5.74, 6) is -0.523. The normalized spacial score (nSPS) is 30.9. The molecular weight excluding hydrogens is 428 g/mol. The number of halogens is 1. The molecule has 1 aliphatic carbocycles. The van der Waals surface area contributed by atoms with Gasteiger partial charge in [-0.25, -0.2) is 0 Å². The average Bonchev–Trinajstić information content (AvgIpc) is 3.06. The lowest BCUT2D eigenvalue weighted by atomic mass is 9.66. The minimum atomic E-state index is -1.08. The van der Waals surface area contributed by atoms with E-state index in [0.29, 0.717) is 37.4 Å². The lowest BCUT2D eigenvalue weighted by Gasteiger charge is -2.51. The number of benzene rings is 1. The summed E-state index contributed by atoms with van der Waals surface area (Å²) in [5.41, 5.74) is -0.881. The van der Waals surface area contributed by atoms with E-state index >= 15 is 0 Å². The second-order valence-electron chi connectivity index (χ2n) is 10.7. The third-order valence-corrected chi connectivity index (χ3v) is 7.78. The Morgan fingerprint density at radius 1 is 1.19 bits per heavy atom. The van der Waals surface area contributed by atoms with Crippen LogP contribution in [0.25, 0.3) is 0 Å². The number of hydrogen-bond acceptors (Lipinski definition) is 4. The number of carbonyl (C=O) groups is 2. The van der Waals surface area contributed by atoms with Gasteiger partial charge in [0.1, 0.15) is 6.04 Å². The van der Waals surface area contributed by atoms with Crippen LogP contribution in [-0.2, 0) is 15.2 Å². The fourth-order valence-electron chi connectivity index (χ4n) is 5.19. The molecule has 0 aromatic heterocycles. The summed E-state index contributed by atoms with van der Waals surface area (Å²) in [6.45, 7) is 10.5. The summed E-state index contributed by atoms with van der Waals surface area (Å²) in [4.78, 5) is 28.1. The third kappa shape index (κ3) is 4.82. The number of aliphatic hydroxyl groups excluding tert-OH is 1. The molecular formula is C25H37ClN2O4. The number of amides is 2. The molecule has 1 saturated carbocycles. The summed E-state index contributed by atoms with van der Waals surface area (Å²) in [7, 11) is 0. The predicted octanol–water partition coefficient (Wildman–Crippen LogP) is 3.33. The number of piperidine rings is 1. The molecule has 2 aliphatic rings. The minimum absolute atomic E-state index is 0.0737. The molecule has 2 fully saturated rings. The minimum Gasteiger partial charge on any atom is -0.393 e. The summed E-state index contributed by atoms with van der Waals surface area (Å²) in [5, 5.41) is 25.2. The quantitative estimate of drug-likeness (QED) is 0.623. The molecule has 32 heavy (non-hydrogen) atoms. The van der Waals surface area contributed by atoms with Gasteiger partial charge in [-0.3, -0.25) is 9.59 Å². The molecule has 6 nitrogen and oxygen atoms in total. The van der Waals surface area contributed by atoms with Gasteiger partial charge in [0, 0.05) is 29.4 Å². The molecule has 3 N–H and O–H groups in total. The van der Waals surface area contributed by atoms with Gasteiger partial charge < -0.3 is 20.4 Å². The van der Waals surface area contributed by atoms with Gasteiger partial charge in [-0.15, -0.1) is 0 Å². The molecule has 7 heteroatoms. The molecule has 0 spiro atoms. The first-order valence-corrected chi connectivity index (χ1v) is 12.0. The van der Waals surface area contributed by atoms with Crippen molar-refractivity contribution < 1.29 is 19.8 Å². The first kappa shape index (κ1) is 25.0. The van der Waals surface area contributed by atoms with E-state index in [2.05, 4.69) is 5.32 Å². The maximum absolute atomic E-state index is 13.5. The van der Waals surface area contributed by atoms with Crippen LogP contribution in [0, 0.1) is 23.2 Å². The second-order valence-corrected chi connectivity index (χ2v) is 11.1. The zero-order valence-corrected chi connectivity index (χ0v) is 20.5. The third-order valence-electron chi connectivity index (χ3n) is 7.52. The van der Waals surface area contributed by atoms with Crippen molar-refractivity contribution in [2.75, 3.05) is 13.1 Å². The Morgan fingerprint density at radius 3 is 2.31 bits per heavy atom. The molecule has 3 rings (SSSR count). The number of carbonyl (C=O) groups excluding carboxylic acids is 2. The molecule has 1 aromatic rings. The summed E-state index contributed by atoms with van der Waals surface area (Å²) in [6.07, 6.45) is 1.01. The maximum atomic E-state index is 13.5. The van der Waals surface area contributed by atoms with Gasteiger partial charge in [0.2, 0.25) is 11.8 Å². The van der Waals surface area contributed by atoms with Crippen LogP contribution in [-0.4, -0.2) is 52.2 Å². The Labute approximate surface area is 196 Å². The van der Waals surface area contributed by atoms with Crippen molar-refractivity contribution in [1.82, 2.24) is 10.2 Å². The van der Waals surface area contributed by atoms with E-state index in [-0.39, 0.29) is 29.6 Å². The van der Waals surface area contributed by atoms with Gasteiger partial charge in [-0.05, 0) is 48.8 Å². The Hall–Kier alpha value is -1.63. The highest BCUT2D eigenvalue weighted by Crippen LogP contribution is 2.46. The average molecular weight is 465 g/mol. The second kappa shape index (κ2) is 9.32. The first-order valence-electron chi connectivity index (χ1n) is 11.6. The topological polar surface area (TPSA) is 89.9 Å². The lowest BCUT2D eigenvalue weighted by Crippen LogP contribution is -2.60. The van der Waals surface area contributed by atoms with Crippen LogP contribution in [0.2, 0.25) is 5.02 Å². The van der Waals surface area contributed by atoms with Crippen LogP contribution >= 0.6 is 11.6 Å². The predicted molar refractivity (Wildman–Crippen MR) is 125 cm³/mol. The van der Waals surface area contributed by atoms with Gasteiger partial charge in [0.15, 0.2) is 0 Å². The van der Waals surface area contributed by atoms with Gasteiger partial charge in [0.05, 0.1) is 11.7 Å². The molecule has 0 bridgehead atoms. The van der Waals surface area contributed by atoms with E-state index in [9.17, 15) is 19.8 Å². The first-order chi connectivity index (χ1) is 14.9. The number of likely N-dealkylation sites (tertiary alicyclic amines) is 1. The van der Waals surface area contributed by atoms with Crippen LogP contribution in [0.3, 0.4) is 0 Å². The molecule has 1 aliphatic heterocycles. The summed E-state index contributed by atoms with van der Waals surface area (Å²) < 4.78 is 0. The highest BCUT2D eigenvalue weighted by atomic mass is 35.5. The Kier molecular flexibility index (Phi) is 7.28. The number of nitrogens with one attached hydrogen (secondary N) is 1. The van der Waals surface area contributed by atoms with E-state index in [4.69, 9.17) is 11.6 Å². The number of hydrogen-bond donors (Lipinski definition) is 3. The van der Waals surface area contributed by atoms with Gasteiger partial charge in [-0.2, -0.15) is 0 Å². The van der Waals surface area contributed by atoms with Crippen molar-refractivity contribution in [3.8, 4) is 0 Å². The highest BCUT2D eigenvalue weighted by Gasteiger charge is 2.50. The highest BCUT2D eigenvalue weighted by molar-refractivity contribution is 6.30. The molecule has 1 aromatic carbocycles. The number of aliphatic hydroxyl groups is 2. The van der Waals surface area contributed by atoms with Crippen molar-refractivity contribution in [3.63, 3.8) is 0 Å². The van der Waals surface area contributed by atoms with E-state index in [1.807, 2.05) is 46.8 Å². The van der Waals surface area contributed by atoms with Crippen LogP contribution < -0.4 is 5.32 Å². The standard InChI is InChI=1S/C25H37ClN2O4/c1-15(2)21(27-22(30)17-12-16(3)20(29)13-17)23(31)28-11-10-25(32,24(4,5)14-28)18-6-8-19(26)9-7-18/h6-9,15-17,20-21,29,32H,10-14H2,1-5H3,(H,27,30)/t16-,17+,20-,21?,25?/m0/s1. The Morgan fingerprint density at radius 2 is 1.81 bits per heavy atom. The molecule has 1 saturated heterocycles. The summed E-state index contributed by atoms with van der Waals surface area (Å²) in [6, 6.07) is 6.60. The Balaban J connectivity index is 1.72. The van der Waals surface area contributed by atoms with Crippen LogP contribution in [0.1, 0.15) is 59.4 Å². The van der Waals surface area contributed by atoms with Gasteiger partial charge >= 0.3 is 0 Å². The molecule has 178 valence electrons. The van der Waals surface area contributed by atoms with Crippen molar-refractivity contribution in [2.45, 2.75) is 71.6 Å². The van der Waals surface area contributed by atoms with Gasteiger partial charge in [0.25, 0.3) is 0 Å². The van der Waals surface area contributed by atoms with Crippen molar-refractivity contribution in [2.24, 2.45) is 23.2 Å². The van der Waals surface area contributed by atoms with Crippen LogP contribution in [0.5, 0.6) is 0 Å². The van der Waals surface area contributed by atoms with E-state index in [0.717, 1.165) is 5.56 Å².